The molecule has 6 heteroatoms. The Morgan fingerprint density at radius 3 is 3.00 bits per heavy atom. The van der Waals surface area contributed by atoms with Gasteiger partial charge >= 0.3 is 0 Å². The molecule has 0 aliphatic carbocycles. The van der Waals surface area contributed by atoms with Crippen molar-refractivity contribution in [2.75, 3.05) is 33.3 Å². The van der Waals surface area contributed by atoms with E-state index < -0.39 is 0 Å². The second-order valence-electron chi connectivity index (χ2n) is 5.96. The Bertz CT molecular complexity index is 493. The van der Waals surface area contributed by atoms with Crippen molar-refractivity contribution in [1.82, 2.24) is 20.0 Å². The van der Waals surface area contributed by atoms with Gasteiger partial charge in [0.05, 0.1) is 5.60 Å². The van der Waals surface area contributed by atoms with Crippen molar-refractivity contribution in [2.24, 2.45) is 13.0 Å². The van der Waals surface area contributed by atoms with Gasteiger partial charge in [0.15, 0.2) is 0 Å². The Morgan fingerprint density at radius 1 is 1.55 bits per heavy atom. The second kappa shape index (κ2) is 5.18. The summed E-state index contributed by atoms with van der Waals surface area (Å²) >= 11 is 0. The molecular weight excluding hydrogens is 256 g/mol. The number of likely N-dealkylation sites (N-methyl/N-ethyl adjacent to an activating group) is 1. The van der Waals surface area contributed by atoms with E-state index in [1.807, 2.05) is 0 Å². The minimum Gasteiger partial charge on any atom is -0.372 e. The number of likely N-dealkylation sites (tertiary alicyclic amines) is 1. The average Bonchev–Trinajstić information content (AvgIpc) is 2.96. The van der Waals surface area contributed by atoms with Crippen LogP contribution in [0.15, 0.2) is 12.3 Å². The molecule has 3 heterocycles. The van der Waals surface area contributed by atoms with E-state index in [4.69, 9.17) is 4.74 Å². The Hall–Kier alpha value is -1.40. The van der Waals surface area contributed by atoms with Crippen LogP contribution in [0.25, 0.3) is 0 Å². The van der Waals surface area contributed by atoms with Gasteiger partial charge in [-0.25, -0.2) is 0 Å². The van der Waals surface area contributed by atoms with E-state index in [-0.39, 0.29) is 11.5 Å². The quantitative estimate of drug-likeness (QED) is 0.858. The molecular formula is C14H22N4O2. The molecule has 0 aromatic carbocycles. The van der Waals surface area contributed by atoms with E-state index in [0.717, 1.165) is 32.5 Å². The Kier molecular flexibility index (Phi) is 3.52. The molecule has 1 spiro atoms. The second-order valence-corrected chi connectivity index (χ2v) is 5.96. The van der Waals surface area contributed by atoms with Gasteiger partial charge in [0, 0.05) is 39.5 Å². The molecule has 2 fully saturated rings. The van der Waals surface area contributed by atoms with Crippen LogP contribution in [0.2, 0.25) is 0 Å². The van der Waals surface area contributed by atoms with Crippen LogP contribution in [-0.4, -0.2) is 59.5 Å². The first-order chi connectivity index (χ1) is 9.61. The van der Waals surface area contributed by atoms with Gasteiger partial charge in [-0.05, 0) is 31.9 Å². The zero-order chi connectivity index (χ0) is 14.2. The van der Waals surface area contributed by atoms with Gasteiger partial charge in [0.1, 0.15) is 5.69 Å². The van der Waals surface area contributed by atoms with Crippen molar-refractivity contribution >= 4 is 5.91 Å². The summed E-state index contributed by atoms with van der Waals surface area (Å²) in [6, 6.07) is 1.73. The number of aromatic nitrogens is 2. The number of aryl methyl sites for hydroxylation is 1. The van der Waals surface area contributed by atoms with Gasteiger partial charge < -0.3 is 15.0 Å². The number of carbonyl (C=O) groups excluding carboxylic acids is 1. The summed E-state index contributed by atoms with van der Waals surface area (Å²) in [5.41, 5.74) is 0.664. The van der Waals surface area contributed by atoms with Gasteiger partial charge in [0.2, 0.25) is 0 Å². The number of amides is 1. The Balaban J connectivity index is 1.48. The van der Waals surface area contributed by atoms with Crippen LogP contribution in [0.3, 0.4) is 0 Å². The van der Waals surface area contributed by atoms with Crippen LogP contribution >= 0.6 is 0 Å². The molecule has 2 saturated heterocycles. The van der Waals surface area contributed by atoms with Crippen LogP contribution in [0.4, 0.5) is 0 Å². The van der Waals surface area contributed by atoms with E-state index in [1.165, 1.54) is 0 Å². The van der Waals surface area contributed by atoms with Crippen LogP contribution in [0, 0.1) is 5.92 Å². The first kappa shape index (κ1) is 13.6. The molecule has 3 rings (SSSR count). The highest BCUT2D eigenvalue weighted by Crippen LogP contribution is 2.40. The normalized spacial score (nSPS) is 24.8. The average molecular weight is 278 g/mol. The van der Waals surface area contributed by atoms with Gasteiger partial charge in [0.25, 0.3) is 5.91 Å². The minimum absolute atomic E-state index is 0.0521. The molecule has 1 amide bonds. The van der Waals surface area contributed by atoms with Crippen LogP contribution in [0.1, 0.15) is 23.3 Å². The first-order valence-corrected chi connectivity index (χ1v) is 7.19. The SMILES string of the molecule is CN1CC2(C1)OCC[C@H]2CCNC(=O)c1ccnn1C. The maximum absolute atomic E-state index is 12.0. The number of ether oxygens (including phenoxy) is 1. The fourth-order valence-electron chi connectivity index (χ4n) is 3.46. The van der Waals surface area contributed by atoms with Gasteiger partial charge in [-0.1, -0.05) is 0 Å². The number of rotatable bonds is 4. The van der Waals surface area contributed by atoms with Crippen molar-refractivity contribution in [3.63, 3.8) is 0 Å². The highest BCUT2D eigenvalue weighted by molar-refractivity contribution is 5.92. The number of nitrogens with zero attached hydrogens (tertiary/aromatic N) is 3. The third-order valence-corrected chi connectivity index (χ3v) is 4.51. The smallest absolute Gasteiger partial charge is 0.269 e. The predicted molar refractivity (Wildman–Crippen MR) is 74.4 cm³/mol. The molecule has 0 bridgehead atoms. The maximum atomic E-state index is 12.0. The number of nitrogens with one attached hydrogen (secondary N) is 1. The lowest BCUT2D eigenvalue weighted by Crippen LogP contribution is -2.63. The van der Waals surface area contributed by atoms with Crippen LogP contribution in [-0.2, 0) is 11.8 Å². The molecule has 2 aliphatic rings. The summed E-state index contributed by atoms with van der Waals surface area (Å²) in [5, 5.41) is 6.99. The van der Waals surface area contributed by atoms with Crippen molar-refractivity contribution in [2.45, 2.75) is 18.4 Å². The summed E-state index contributed by atoms with van der Waals surface area (Å²) in [6.07, 6.45) is 3.73. The molecule has 20 heavy (non-hydrogen) atoms. The molecule has 1 atom stereocenters. The van der Waals surface area contributed by atoms with Gasteiger partial charge in [-0.3, -0.25) is 9.48 Å². The van der Waals surface area contributed by atoms with Crippen LogP contribution < -0.4 is 5.32 Å². The predicted octanol–water partition coefficient (Wildman–Crippen LogP) is 0.261. The van der Waals surface area contributed by atoms with E-state index in [0.29, 0.717) is 18.2 Å². The Labute approximate surface area is 119 Å². The molecule has 1 N–H and O–H groups in total. The number of carbonyl (C=O) groups is 1. The summed E-state index contributed by atoms with van der Waals surface area (Å²) in [4.78, 5) is 14.3. The standard InChI is InChI=1S/C14H22N4O2/c1-17-9-14(10-17)11(5-8-20-14)3-6-15-13(19)12-4-7-16-18(12)2/h4,7,11H,3,5-6,8-10H2,1-2H3,(H,15,19)/t11-/m1/s1. The summed E-state index contributed by atoms with van der Waals surface area (Å²) in [6.45, 7) is 3.60. The van der Waals surface area contributed by atoms with Gasteiger partial charge in [-0.2, -0.15) is 5.10 Å². The third kappa shape index (κ3) is 2.33. The molecule has 2 aliphatic heterocycles. The lowest BCUT2D eigenvalue weighted by Gasteiger charge is -2.48. The maximum Gasteiger partial charge on any atom is 0.269 e. The number of hydrogen-bond acceptors (Lipinski definition) is 4. The van der Waals surface area contributed by atoms with E-state index in [1.54, 1.807) is 24.0 Å². The van der Waals surface area contributed by atoms with Gasteiger partial charge in [-0.15, -0.1) is 0 Å². The molecule has 0 saturated carbocycles. The fraction of sp³-hybridized carbons (Fsp3) is 0.714. The topological polar surface area (TPSA) is 59.4 Å². The monoisotopic (exact) mass is 278 g/mol. The molecule has 1 aromatic heterocycles. The first-order valence-electron chi connectivity index (χ1n) is 7.19. The summed E-state index contributed by atoms with van der Waals surface area (Å²) < 4.78 is 7.53. The van der Waals surface area contributed by atoms with Crippen molar-refractivity contribution < 1.29 is 9.53 Å². The lowest BCUT2D eigenvalue weighted by atomic mass is 9.79. The molecule has 0 radical (unpaired) electrons. The summed E-state index contributed by atoms with van der Waals surface area (Å²) in [5.74, 6) is 0.509. The number of hydrogen-bond donors (Lipinski definition) is 1. The van der Waals surface area contributed by atoms with Crippen molar-refractivity contribution in [3.8, 4) is 0 Å². The lowest BCUT2D eigenvalue weighted by molar-refractivity contribution is -0.124. The minimum atomic E-state index is -0.0521. The molecule has 1 aromatic rings. The third-order valence-electron chi connectivity index (χ3n) is 4.51. The van der Waals surface area contributed by atoms with Crippen LogP contribution in [0.5, 0.6) is 0 Å². The summed E-state index contributed by atoms with van der Waals surface area (Å²) in [7, 11) is 3.90. The van der Waals surface area contributed by atoms with E-state index in [2.05, 4.69) is 22.4 Å². The molecule has 110 valence electrons. The fourth-order valence-corrected chi connectivity index (χ4v) is 3.46. The highest BCUT2D eigenvalue weighted by Gasteiger charge is 2.51. The van der Waals surface area contributed by atoms with E-state index >= 15 is 0 Å². The molecule has 0 unspecified atom stereocenters. The molecule has 6 nitrogen and oxygen atoms in total. The van der Waals surface area contributed by atoms with E-state index in [9.17, 15) is 4.79 Å². The Morgan fingerprint density at radius 2 is 2.35 bits per heavy atom. The van der Waals surface area contributed by atoms with Crippen molar-refractivity contribution in [3.05, 3.63) is 18.0 Å². The largest absolute Gasteiger partial charge is 0.372 e. The zero-order valence-electron chi connectivity index (χ0n) is 12.1. The highest BCUT2D eigenvalue weighted by atomic mass is 16.5. The zero-order valence-corrected chi connectivity index (χ0v) is 12.1. The van der Waals surface area contributed by atoms with Crippen molar-refractivity contribution in [1.29, 1.82) is 0 Å².